The van der Waals surface area contributed by atoms with Gasteiger partial charge in [-0.25, -0.2) is 4.39 Å². The molecule has 0 radical (unpaired) electrons. The van der Waals surface area contributed by atoms with Crippen LogP contribution in [-0.2, 0) is 9.59 Å². The summed E-state index contributed by atoms with van der Waals surface area (Å²) >= 11 is 0. The molecular formula is C22H20FN3O4. The van der Waals surface area contributed by atoms with Crippen LogP contribution in [0.25, 0.3) is 0 Å². The third-order valence-electron chi connectivity index (χ3n) is 5.27. The highest BCUT2D eigenvalue weighted by Gasteiger charge is 2.35. The SMILES string of the molecule is O=C(CCCN1C(=O)c2ccccc2C1=O)N[C@@H]1CC(=O)N(c2cccc(F)c2)C1. The van der Waals surface area contributed by atoms with Gasteiger partial charge in [0.15, 0.2) is 0 Å². The van der Waals surface area contributed by atoms with Gasteiger partial charge in [-0.3, -0.25) is 24.1 Å². The number of fused-ring (bicyclic) bond motifs is 1. The van der Waals surface area contributed by atoms with Crippen molar-refractivity contribution in [2.45, 2.75) is 25.3 Å². The lowest BCUT2D eigenvalue weighted by molar-refractivity contribution is -0.121. The second-order valence-corrected chi connectivity index (χ2v) is 7.36. The molecule has 2 heterocycles. The molecule has 0 bridgehead atoms. The first-order chi connectivity index (χ1) is 14.4. The van der Waals surface area contributed by atoms with Crippen molar-refractivity contribution < 1.29 is 23.6 Å². The molecule has 1 atom stereocenters. The summed E-state index contributed by atoms with van der Waals surface area (Å²) in [4.78, 5) is 51.7. The van der Waals surface area contributed by atoms with Gasteiger partial charge in [0.2, 0.25) is 11.8 Å². The molecule has 1 N–H and O–H groups in total. The number of rotatable bonds is 6. The van der Waals surface area contributed by atoms with E-state index >= 15 is 0 Å². The number of anilines is 1. The number of halogens is 1. The van der Waals surface area contributed by atoms with Gasteiger partial charge in [-0.05, 0) is 36.8 Å². The summed E-state index contributed by atoms with van der Waals surface area (Å²) < 4.78 is 13.4. The van der Waals surface area contributed by atoms with Crippen LogP contribution in [0.1, 0.15) is 40.0 Å². The summed E-state index contributed by atoms with van der Waals surface area (Å²) in [6, 6.07) is 12.0. The first-order valence-corrected chi connectivity index (χ1v) is 9.74. The van der Waals surface area contributed by atoms with E-state index in [1.165, 1.54) is 23.1 Å². The van der Waals surface area contributed by atoms with Gasteiger partial charge in [-0.1, -0.05) is 18.2 Å². The number of nitrogens with one attached hydrogen (secondary N) is 1. The fourth-order valence-electron chi connectivity index (χ4n) is 3.84. The molecule has 4 rings (SSSR count). The number of amides is 4. The van der Waals surface area contributed by atoms with Gasteiger partial charge in [-0.15, -0.1) is 0 Å². The Morgan fingerprint density at radius 1 is 1.03 bits per heavy atom. The van der Waals surface area contributed by atoms with Gasteiger partial charge in [0.25, 0.3) is 11.8 Å². The summed E-state index contributed by atoms with van der Waals surface area (Å²) in [5.74, 6) is -1.56. The fourth-order valence-corrected chi connectivity index (χ4v) is 3.84. The lowest BCUT2D eigenvalue weighted by Gasteiger charge is -2.17. The maximum atomic E-state index is 13.4. The van der Waals surface area contributed by atoms with E-state index in [1.807, 2.05) is 0 Å². The fraction of sp³-hybridized carbons (Fsp3) is 0.273. The molecule has 0 aromatic heterocycles. The molecule has 0 aliphatic carbocycles. The first kappa shape index (κ1) is 19.8. The van der Waals surface area contributed by atoms with E-state index in [4.69, 9.17) is 0 Å². The molecule has 8 heteroatoms. The zero-order valence-electron chi connectivity index (χ0n) is 16.1. The minimum Gasteiger partial charge on any atom is -0.351 e. The van der Waals surface area contributed by atoms with Crippen molar-refractivity contribution in [3.8, 4) is 0 Å². The van der Waals surface area contributed by atoms with E-state index in [0.717, 1.165) is 4.90 Å². The highest BCUT2D eigenvalue weighted by molar-refractivity contribution is 6.21. The molecule has 1 fully saturated rings. The molecule has 0 saturated carbocycles. The van der Waals surface area contributed by atoms with Crippen LogP contribution < -0.4 is 10.2 Å². The Balaban J connectivity index is 1.27. The maximum absolute atomic E-state index is 13.4. The van der Waals surface area contributed by atoms with Gasteiger partial charge in [-0.2, -0.15) is 0 Å². The molecule has 7 nitrogen and oxygen atoms in total. The van der Waals surface area contributed by atoms with Crippen molar-refractivity contribution in [2.75, 3.05) is 18.0 Å². The molecule has 2 aliphatic rings. The Morgan fingerprint density at radius 3 is 2.40 bits per heavy atom. The van der Waals surface area contributed by atoms with Crippen molar-refractivity contribution in [3.63, 3.8) is 0 Å². The Morgan fingerprint density at radius 2 is 1.73 bits per heavy atom. The van der Waals surface area contributed by atoms with Crippen LogP contribution >= 0.6 is 0 Å². The van der Waals surface area contributed by atoms with Crippen molar-refractivity contribution in [3.05, 3.63) is 65.5 Å². The van der Waals surface area contributed by atoms with Crippen molar-refractivity contribution in [1.29, 1.82) is 0 Å². The summed E-state index contributed by atoms with van der Waals surface area (Å²) in [7, 11) is 0. The molecule has 4 amide bonds. The number of carbonyl (C=O) groups is 4. The van der Waals surface area contributed by atoms with E-state index in [0.29, 0.717) is 23.2 Å². The number of imide groups is 1. The highest BCUT2D eigenvalue weighted by atomic mass is 19.1. The quantitative estimate of drug-likeness (QED) is 0.741. The summed E-state index contributed by atoms with van der Waals surface area (Å²) in [5, 5.41) is 2.81. The Labute approximate surface area is 172 Å². The average molecular weight is 409 g/mol. The Kier molecular flexibility index (Phi) is 5.31. The van der Waals surface area contributed by atoms with Crippen molar-refractivity contribution in [1.82, 2.24) is 10.2 Å². The lowest BCUT2D eigenvalue weighted by atomic mass is 10.1. The molecular weight excluding hydrogens is 389 g/mol. The molecule has 1 saturated heterocycles. The van der Waals surface area contributed by atoms with Gasteiger partial charge in [0.05, 0.1) is 17.2 Å². The molecule has 2 aromatic carbocycles. The summed E-state index contributed by atoms with van der Waals surface area (Å²) in [6.07, 6.45) is 0.588. The Hall–Kier alpha value is -3.55. The molecule has 0 unspecified atom stereocenters. The van der Waals surface area contributed by atoms with Crippen LogP contribution in [0, 0.1) is 5.82 Å². The minimum absolute atomic E-state index is 0.123. The normalized spacial score (nSPS) is 18.2. The third-order valence-corrected chi connectivity index (χ3v) is 5.27. The second-order valence-electron chi connectivity index (χ2n) is 7.36. The van der Waals surface area contributed by atoms with Crippen LogP contribution in [0.5, 0.6) is 0 Å². The van der Waals surface area contributed by atoms with E-state index in [1.54, 1.807) is 30.3 Å². The number of carbonyl (C=O) groups excluding carboxylic acids is 4. The highest BCUT2D eigenvalue weighted by Crippen LogP contribution is 2.24. The van der Waals surface area contributed by atoms with Gasteiger partial charge < -0.3 is 10.2 Å². The topological polar surface area (TPSA) is 86.8 Å². The zero-order chi connectivity index (χ0) is 21.3. The maximum Gasteiger partial charge on any atom is 0.261 e. The predicted octanol–water partition coefficient (Wildman–Crippen LogP) is 2.12. The largest absolute Gasteiger partial charge is 0.351 e. The van der Waals surface area contributed by atoms with Crippen LogP contribution in [0.15, 0.2) is 48.5 Å². The lowest BCUT2D eigenvalue weighted by Crippen LogP contribution is -2.38. The number of hydrogen-bond donors (Lipinski definition) is 1. The smallest absolute Gasteiger partial charge is 0.261 e. The molecule has 154 valence electrons. The van der Waals surface area contributed by atoms with Crippen LogP contribution in [0.2, 0.25) is 0 Å². The minimum atomic E-state index is -0.430. The molecule has 30 heavy (non-hydrogen) atoms. The number of hydrogen-bond acceptors (Lipinski definition) is 4. The van der Waals surface area contributed by atoms with E-state index < -0.39 is 5.82 Å². The zero-order valence-corrected chi connectivity index (χ0v) is 16.1. The number of nitrogens with zero attached hydrogens (tertiary/aromatic N) is 2. The van der Waals surface area contributed by atoms with Crippen molar-refractivity contribution in [2.24, 2.45) is 0 Å². The monoisotopic (exact) mass is 409 g/mol. The van der Waals surface area contributed by atoms with Crippen molar-refractivity contribution >= 4 is 29.3 Å². The Bertz CT molecular complexity index is 1000. The molecule has 2 aliphatic heterocycles. The van der Waals surface area contributed by atoms with E-state index in [-0.39, 0.29) is 55.6 Å². The number of benzene rings is 2. The van der Waals surface area contributed by atoms with Gasteiger partial charge in [0.1, 0.15) is 5.82 Å². The van der Waals surface area contributed by atoms with Crippen LogP contribution in [0.4, 0.5) is 10.1 Å². The van der Waals surface area contributed by atoms with Crippen LogP contribution in [0.3, 0.4) is 0 Å². The van der Waals surface area contributed by atoms with E-state index in [9.17, 15) is 23.6 Å². The third kappa shape index (κ3) is 3.80. The first-order valence-electron chi connectivity index (χ1n) is 9.74. The summed E-state index contributed by atoms with van der Waals surface area (Å²) in [5.41, 5.74) is 1.23. The predicted molar refractivity (Wildman–Crippen MR) is 106 cm³/mol. The van der Waals surface area contributed by atoms with E-state index in [2.05, 4.69) is 5.32 Å². The molecule has 0 spiro atoms. The second kappa shape index (κ2) is 8.06. The summed E-state index contributed by atoms with van der Waals surface area (Å²) in [6.45, 7) is 0.422. The van der Waals surface area contributed by atoms with Crippen LogP contribution in [-0.4, -0.2) is 47.7 Å². The molecule has 2 aromatic rings. The standard InChI is InChI=1S/C22H20FN3O4/c23-14-5-3-6-16(11-14)26-13-15(12-20(26)28)24-19(27)9-4-10-25-21(29)17-7-1-2-8-18(17)22(25)30/h1-3,5-8,11,15H,4,9-10,12-13H2,(H,24,27)/t15-/m1/s1. The average Bonchev–Trinajstić information content (AvgIpc) is 3.20. The van der Waals surface area contributed by atoms with Gasteiger partial charge in [0, 0.05) is 31.6 Å². The van der Waals surface area contributed by atoms with Gasteiger partial charge >= 0.3 is 0 Å².